The quantitative estimate of drug-likeness (QED) is 0.802. The summed E-state index contributed by atoms with van der Waals surface area (Å²) >= 11 is 0. The molecule has 1 amide bonds. The third kappa shape index (κ3) is 2.79. The summed E-state index contributed by atoms with van der Waals surface area (Å²) in [6.45, 7) is 3.82. The Hall–Kier alpha value is -2.77. The second-order valence-corrected chi connectivity index (χ2v) is 5.35. The van der Waals surface area contributed by atoms with Crippen LogP contribution in [-0.2, 0) is 11.2 Å². The van der Waals surface area contributed by atoms with E-state index < -0.39 is 11.6 Å². The Labute approximate surface area is 130 Å². The summed E-state index contributed by atoms with van der Waals surface area (Å²) in [6, 6.07) is 2.43. The van der Waals surface area contributed by atoms with Crippen molar-refractivity contribution >= 4 is 22.8 Å². The van der Waals surface area contributed by atoms with E-state index in [2.05, 4.69) is 15.4 Å². The Morgan fingerprint density at radius 1 is 1.39 bits per heavy atom. The van der Waals surface area contributed by atoms with Crippen molar-refractivity contribution in [2.45, 2.75) is 26.3 Å². The van der Waals surface area contributed by atoms with Crippen molar-refractivity contribution in [2.24, 2.45) is 0 Å². The van der Waals surface area contributed by atoms with E-state index in [1.165, 1.54) is 18.7 Å². The molecule has 0 bridgehead atoms. The van der Waals surface area contributed by atoms with Crippen LogP contribution in [0, 0.1) is 11.6 Å². The first-order valence-corrected chi connectivity index (χ1v) is 7.00. The van der Waals surface area contributed by atoms with Crippen molar-refractivity contribution in [3.8, 4) is 0 Å². The van der Waals surface area contributed by atoms with Gasteiger partial charge in [0.15, 0.2) is 11.4 Å². The van der Waals surface area contributed by atoms with Gasteiger partial charge < -0.3 is 4.42 Å². The van der Waals surface area contributed by atoms with Crippen molar-refractivity contribution < 1.29 is 18.0 Å². The minimum Gasteiger partial charge on any atom is -0.461 e. The standard InChI is InChI=1S/C15H14F2N4O2/c1-8(2)21-15(18-7-19-21)20-12(22)5-9-6-23-14-10(9)3-4-11(16)13(14)17/h3-4,6-8H,5H2,1-2H3,(H,18,19,20,22). The van der Waals surface area contributed by atoms with Crippen molar-refractivity contribution in [1.29, 1.82) is 0 Å². The number of hydrogen-bond donors (Lipinski definition) is 1. The first-order valence-electron chi connectivity index (χ1n) is 7.00. The predicted octanol–water partition coefficient (Wildman–Crippen LogP) is 3.06. The Bertz CT molecular complexity index is 870. The number of carbonyl (C=O) groups is 1. The molecule has 8 heteroatoms. The van der Waals surface area contributed by atoms with Crippen LogP contribution in [0.3, 0.4) is 0 Å². The summed E-state index contributed by atoms with van der Waals surface area (Å²) in [6.07, 6.45) is 2.55. The smallest absolute Gasteiger partial charge is 0.231 e. The minimum absolute atomic E-state index is 0.0413. The summed E-state index contributed by atoms with van der Waals surface area (Å²) in [5.74, 6) is -2.08. The van der Waals surface area contributed by atoms with Crippen molar-refractivity contribution in [3.05, 3.63) is 41.9 Å². The molecule has 0 unspecified atom stereocenters. The highest BCUT2D eigenvalue weighted by Gasteiger charge is 2.17. The molecule has 0 saturated carbocycles. The van der Waals surface area contributed by atoms with Gasteiger partial charge in [-0.25, -0.2) is 9.07 Å². The van der Waals surface area contributed by atoms with E-state index in [9.17, 15) is 13.6 Å². The summed E-state index contributed by atoms with van der Waals surface area (Å²) < 4.78 is 33.4. The Balaban J connectivity index is 1.81. The molecule has 2 aromatic heterocycles. The second kappa shape index (κ2) is 5.79. The van der Waals surface area contributed by atoms with Gasteiger partial charge in [0.1, 0.15) is 6.33 Å². The van der Waals surface area contributed by atoms with E-state index in [0.29, 0.717) is 16.9 Å². The molecule has 0 spiro atoms. The van der Waals surface area contributed by atoms with Crippen LogP contribution in [0.5, 0.6) is 0 Å². The average molecular weight is 320 g/mol. The molecule has 1 N–H and O–H groups in total. The van der Waals surface area contributed by atoms with Gasteiger partial charge in [-0.1, -0.05) is 0 Å². The molecule has 0 atom stereocenters. The number of carbonyl (C=O) groups excluding carboxylic acids is 1. The molecular weight excluding hydrogens is 306 g/mol. The number of aromatic nitrogens is 3. The van der Waals surface area contributed by atoms with E-state index in [0.717, 1.165) is 6.07 Å². The van der Waals surface area contributed by atoms with Crippen molar-refractivity contribution in [1.82, 2.24) is 14.8 Å². The first-order chi connectivity index (χ1) is 11.0. The number of fused-ring (bicyclic) bond motifs is 1. The average Bonchev–Trinajstić information content (AvgIpc) is 3.10. The summed E-state index contributed by atoms with van der Waals surface area (Å²) in [5.41, 5.74) is 0.269. The van der Waals surface area contributed by atoms with Crippen LogP contribution in [0.15, 0.2) is 29.1 Å². The van der Waals surface area contributed by atoms with Gasteiger partial charge in [0, 0.05) is 10.9 Å². The van der Waals surface area contributed by atoms with Gasteiger partial charge in [-0.3, -0.25) is 10.1 Å². The van der Waals surface area contributed by atoms with Gasteiger partial charge in [-0.15, -0.1) is 0 Å². The number of furan rings is 1. The lowest BCUT2D eigenvalue weighted by Crippen LogP contribution is -2.19. The third-order valence-electron chi connectivity index (χ3n) is 3.38. The van der Waals surface area contributed by atoms with E-state index in [1.54, 1.807) is 4.68 Å². The normalized spacial score (nSPS) is 11.3. The van der Waals surface area contributed by atoms with E-state index in [4.69, 9.17) is 4.42 Å². The number of halogens is 2. The van der Waals surface area contributed by atoms with Crippen LogP contribution in [-0.4, -0.2) is 20.7 Å². The molecule has 3 aromatic rings. The fourth-order valence-electron chi connectivity index (χ4n) is 2.29. The van der Waals surface area contributed by atoms with Gasteiger partial charge in [0.25, 0.3) is 0 Å². The fourth-order valence-corrected chi connectivity index (χ4v) is 2.29. The molecule has 6 nitrogen and oxygen atoms in total. The molecule has 0 aliphatic heterocycles. The topological polar surface area (TPSA) is 73.0 Å². The summed E-state index contributed by atoms with van der Waals surface area (Å²) in [5, 5.41) is 7.03. The van der Waals surface area contributed by atoms with Gasteiger partial charge in [-0.2, -0.15) is 14.5 Å². The highest BCUT2D eigenvalue weighted by Crippen LogP contribution is 2.26. The molecule has 0 aliphatic carbocycles. The number of rotatable bonds is 4. The maximum absolute atomic E-state index is 13.6. The Morgan fingerprint density at radius 2 is 2.17 bits per heavy atom. The SMILES string of the molecule is CC(C)n1ncnc1NC(=O)Cc1coc2c(F)c(F)ccc12. The number of anilines is 1. The molecule has 23 heavy (non-hydrogen) atoms. The predicted molar refractivity (Wildman–Crippen MR) is 78.9 cm³/mol. The van der Waals surface area contributed by atoms with E-state index >= 15 is 0 Å². The summed E-state index contributed by atoms with van der Waals surface area (Å²) in [7, 11) is 0. The Morgan fingerprint density at radius 3 is 2.91 bits per heavy atom. The highest BCUT2D eigenvalue weighted by atomic mass is 19.2. The molecular formula is C15H14F2N4O2. The van der Waals surface area contributed by atoms with Gasteiger partial charge in [-0.05, 0) is 26.0 Å². The van der Waals surface area contributed by atoms with Crippen LogP contribution >= 0.6 is 0 Å². The minimum atomic E-state index is -1.06. The Kier molecular flexibility index (Phi) is 3.81. The largest absolute Gasteiger partial charge is 0.461 e. The number of nitrogens with zero attached hydrogens (tertiary/aromatic N) is 3. The van der Waals surface area contributed by atoms with Crippen LogP contribution in [0.1, 0.15) is 25.5 Å². The molecule has 120 valence electrons. The molecule has 3 rings (SSSR count). The number of nitrogens with one attached hydrogen (secondary N) is 1. The zero-order valence-corrected chi connectivity index (χ0v) is 12.5. The molecule has 0 fully saturated rings. The van der Waals surface area contributed by atoms with E-state index in [1.807, 2.05) is 13.8 Å². The van der Waals surface area contributed by atoms with Crippen molar-refractivity contribution in [2.75, 3.05) is 5.32 Å². The van der Waals surface area contributed by atoms with Crippen molar-refractivity contribution in [3.63, 3.8) is 0 Å². The lowest BCUT2D eigenvalue weighted by Gasteiger charge is -2.09. The number of amides is 1. The lowest BCUT2D eigenvalue weighted by atomic mass is 10.1. The molecule has 2 heterocycles. The highest BCUT2D eigenvalue weighted by molar-refractivity contribution is 5.94. The zero-order valence-electron chi connectivity index (χ0n) is 12.5. The number of hydrogen-bond acceptors (Lipinski definition) is 4. The molecule has 1 aromatic carbocycles. The second-order valence-electron chi connectivity index (χ2n) is 5.35. The van der Waals surface area contributed by atoms with Crippen LogP contribution < -0.4 is 5.32 Å². The van der Waals surface area contributed by atoms with E-state index in [-0.39, 0.29) is 24.0 Å². The monoisotopic (exact) mass is 320 g/mol. The maximum Gasteiger partial charge on any atom is 0.231 e. The van der Waals surface area contributed by atoms with Crippen LogP contribution in [0.4, 0.5) is 14.7 Å². The fraction of sp³-hybridized carbons (Fsp3) is 0.267. The molecule has 0 radical (unpaired) electrons. The van der Waals surface area contributed by atoms with Gasteiger partial charge in [0.05, 0.1) is 18.7 Å². The van der Waals surface area contributed by atoms with Crippen LogP contribution in [0.2, 0.25) is 0 Å². The zero-order chi connectivity index (χ0) is 16.6. The number of benzene rings is 1. The van der Waals surface area contributed by atoms with Gasteiger partial charge in [0.2, 0.25) is 17.7 Å². The molecule has 0 saturated heterocycles. The van der Waals surface area contributed by atoms with Crippen LogP contribution in [0.25, 0.3) is 11.0 Å². The maximum atomic E-state index is 13.6. The first kappa shape index (κ1) is 15.1. The lowest BCUT2D eigenvalue weighted by molar-refractivity contribution is -0.115. The molecule has 0 aliphatic rings. The van der Waals surface area contributed by atoms with Gasteiger partial charge >= 0.3 is 0 Å². The third-order valence-corrected chi connectivity index (χ3v) is 3.38. The summed E-state index contributed by atoms with van der Waals surface area (Å²) in [4.78, 5) is 16.1.